The third kappa shape index (κ3) is 3.66. The molecule has 2 aliphatic heterocycles. The summed E-state index contributed by atoms with van der Waals surface area (Å²) in [5.41, 5.74) is 1.80. The van der Waals surface area contributed by atoms with Crippen molar-refractivity contribution in [2.75, 3.05) is 0 Å². The average Bonchev–Trinajstić information content (AvgIpc) is 3.54. The van der Waals surface area contributed by atoms with E-state index in [2.05, 4.69) is 9.98 Å². The first kappa shape index (κ1) is 18.4. The fourth-order valence-electron chi connectivity index (χ4n) is 2.84. The quantitative estimate of drug-likeness (QED) is 0.449. The number of benzene rings is 1. The number of carbonyl (C=O) groups excluding carboxylic acids is 2. The zero-order valence-electron chi connectivity index (χ0n) is 15.3. The van der Waals surface area contributed by atoms with Gasteiger partial charge in [-0.2, -0.15) is 0 Å². The van der Waals surface area contributed by atoms with E-state index in [0.29, 0.717) is 11.1 Å². The normalized spacial score (nSPS) is 18.5. The summed E-state index contributed by atoms with van der Waals surface area (Å²) >= 11 is 3.03. The second-order valence-corrected chi connectivity index (χ2v) is 8.24. The van der Waals surface area contributed by atoms with Gasteiger partial charge in [0.15, 0.2) is 11.4 Å². The van der Waals surface area contributed by atoms with Gasteiger partial charge in [0.2, 0.25) is 11.8 Å². The highest BCUT2D eigenvalue weighted by molar-refractivity contribution is 7.11. The van der Waals surface area contributed by atoms with Crippen molar-refractivity contribution in [2.24, 2.45) is 9.98 Å². The Hall–Kier alpha value is -3.62. The predicted molar refractivity (Wildman–Crippen MR) is 116 cm³/mol. The molecule has 0 amide bonds. The van der Waals surface area contributed by atoms with E-state index in [4.69, 9.17) is 9.47 Å². The molecule has 0 radical (unpaired) electrons. The number of carbonyl (C=O) groups is 2. The molecule has 1 aromatic carbocycles. The van der Waals surface area contributed by atoms with Gasteiger partial charge in [0.25, 0.3) is 0 Å². The third-order valence-corrected chi connectivity index (χ3v) is 5.90. The van der Waals surface area contributed by atoms with Crippen LogP contribution in [0.2, 0.25) is 0 Å². The molecule has 0 saturated carbocycles. The monoisotopic (exact) mass is 432 g/mol. The number of aliphatic imine (C=N–C) groups is 2. The van der Waals surface area contributed by atoms with Crippen LogP contribution in [0.1, 0.15) is 20.9 Å². The zero-order valence-corrected chi connectivity index (χ0v) is 16.9. The van der Waals surface area contributed by atoms with Crippen molar-refractivity contribution >= 4 is 58.6 Å². The first-order valence-electron chi connectivity index (χ1n) is 8.89. The lowest BCUT2D eigenvalue weighted by atomic mass is 10.1. The van der Waals surface area contributed by atoms with Gasteiger partial charge in [-0.05, 0) is 59.3 Å². The SMILES string of the molecule is O=C1OC(c2ccc(C3=N/C(=C/c4cccs4)C(=O)O3)cc2)=N/C1=C/c1cccs1. The maximum absolute atomic E-state index is 12.1. The molecule has 0 spiro atoms. The van der Waals surface area contributed by atoms with Gasteiger partial charge in [-0.3, -0.25) is 0 Å². The Balaban J connectivity index is 1.38. The zero-order chi connectivity index (χ0) is 20.5. The Labute approximate surface area is 179 Å². The summed E-state index contributed by atoms with van der Waals surface area (Å²) in [4.78, 5) is 34.6. The highest BCUT2D eigenvalue weighted by Crippen LogP contribution is 2.23. The number of nitrogens with zero attached hydrogens (tertiary/aromatic N) is 2. The van der Waals surface area contributed by atoms with Crippen LogP contribution in [-0.4, -0.2) is 23.7 Å². The van der Waals surface area contributed by atoms with E-state index < -0.39 is 11.9 Å². The van der Waals surface area contributed by atoms with Gasteiger partial charge < -0.3 is 9.47 Å². The molecule has 5 rings (SSSR count). The molecule has 2 aromatic heterocycles. The van der Waals surface area contributed by atoms with Gasteiger partial charge in [-0.25, -0.2) is 19.6 Å². The number of esters is 2. The minimum atomic E-state index is -0.486. The van der Waals surface area contributed by atoms with E-state index in [1.54, 1.807) is 36.4 Å². The fourth-order valence-corrected chi connectivity index (χ4v) is 4.14. The van der Waals surface area contributed by atoms with Crippen LogP contribution in [0.5, 0.6) is 0 Å². The topological polar surface area (TPSA) is 77.3 Å². The Morgan fingerprint density at radius 3 is 1.47 bits per heavy atom. The number of hydrogen-bond donors (Lipinski definition) is 0. The van der Waals surface area contributed by atoms with E-state index >= 15 is 0 Å². The molecular formula is C22H12N2O4S2. The standard InChI is InChI=1S/C22H12N2O4S2/c25-21-17(11-15-3-1-9-29-15)23-19(27-21)13-5-7-14(8-6-13)20-24-18(22(26)28-20)12-16-4-2-10-30-16/h1-12H/b17-11+,18-12+. The van der Waals surface area contributed by atoms with E-state index in [1.165, 1.54) is 22.7 Å². The van der Waals surface area contributed by atoms with Crippen LogP contribution in [-0.2, 0) is 19.1 Å². The molecule has 30 heavy (non-hydrogen) atoms. The number of ether oxygens (including phenoxy) is 2. The van der Waals surface area contributed by atoms with E-state index in [-0.39, 0.29) is 23.2 Å². The molecule has 0 atom stereocenters. The largest absolute Gasteiger partial charge is 0.402 e. The maximum Gasteiger partial charge on any atom is 0.363 e. The molecule has 0 unspecified atom stereocenters. The summed E-state index contributed by atoms with van der Waals surface area (Å²) in [6.07, 6.45) is 3.39. The van der Waals surface area contributed by atoms with Gasteiger partial charge in [0.1, 0.15) is 0 Å². The van der Waals surface area contributed by atoms with Crippen molar-refractivity contribution in [3.8, 4) is 0 Å². The molecule has 0 fully saturated rings. The molecule has 146 valence electrons. The van der Waals surface area contributed by atoms with Crippen LogP contribution in [0.3, 0.4) is 0 Å². The highest BCUT2D eigenvalue weighted by Gasteiger charge is 2.26. The van der Waals surface area contributed by atoms with Crippen LogP contribution in [0.25, 0.3) is 12.2 Å². The van der Waals surface area contributed by atoms with Crippen molar-refractivity contribution in [1.29, 1.82) is 0 Å². The first-order chi connectivity index (χ1) is 14.7. The van der Waals surface area contributed by atoms with E-state index in [9.17, 15) is 9.59 Å². The van der Waals surface area contributed by atoms with Crippen LogP contribution >= 0.6 is 22.7 Å². The Bertz CT molecular complexity index is 1150. The lowest BCUT2D eigenvalue weighted by Crippen LogP contribution is -2.07. The molecule has 4 heterocycles. The fraction of sp³-hybridized carbons (Fsp3) is 0. The van der Waals surface area contributed by atoms with E-state index in [1.807, 2.05) is 35.0 Å². The molecule has 3 aromatic rings. The second-order valence-electron chi connectivity index (χ2n) is 6.28. The molecule has 0 N–H and O–H groups in total. The number of cyclic esters (lactones) is 2. The van der Waals surface area contributed by atoms with Crippen molar-refractivity contribution < 1.29 is 19.1 Å². The van der Waals surface area contributed by atoms with Crippen molar-refractivity contribution in [3.05, 3.63) is 91.6 Å². The summed E-state index contributed by atoms with van der Waals surface area (Å²) < 4.78 is 10.6. The van der Waals surface area contributed by atoms with Crippen LogP contribution < -0.4 is 0 Å². The molecule has 6 nitrogen and oxygen atoms in total. The van der Waals surface area contributed by atoms with Gasteiger partial charge in [0, 0.05) is 20.9 Å². The highest BCUT2D eigenvalue weighted by atomic mass is 32.1. The third-order valence-electron chi connectivity index (χ3n) is 4.26. The Morgan fingerprint density at radius 2 is 1.10 bits per heavy atom. The Kier molecular flexibility index (Phi) is 4.70. The maximum atomic E-state index is 12.1. The van der Waals surface area contributed by atoms with Crippen LogP contribution in [0.15, 0.2) is 80.7 Å². The molecular weight excluding hydrogens is 420 g/mol. The summed E-state index contributed by atoms with van der Waals surface area (Å²) in [6, 6.07) is 14.6. The number of thiophene rings is 2. The van der Waals surface area contributed by atoms with Gasteiger partial charge in [0.05, 0.1) is 0 Å². The van der Waals surface area contributed by atoms with Gasteiger partial charge >= 0.3 is 11.9 Å². The number of hydrogen-bond acceptors (Lipinski definition) is 8. The lowest BCUT2D eigenvalue weighted by molar-refractivity contribution is -0.130. The molecule has 0 aliphatic carbocycles. The van der Waals surface area contributed by atoms with Crippen molar-refractivity contribution in [2.45, 2.75) is 0 Å². The van der Waals surface area contributed by atoms with Crippen LogP contribution in [0, 0.1) is 0 Å². The molecule has 0 saturated heterocycles. The average molecular weight is 432 g/mol. The van der Waals surface area contributed by atoms with Gasteiger partial charge in [-0.15, -0.1) is 22.7 Å². The minimum Gasteiger partial charge on any atom is -0.402 e. The molecule has 8 heteroatoms. The molecule has 0 bridgehead atoms. The van der Waals surface area contributed by atoms with E-state index in [0.717, 1.165) is 9.75 Å². The smallest absolute Gasteiger partial charge is 0.363 e. The van der Waals surface area contributed by atoms with Crippen LogP contribution in [0.4, 0.5) is 0 Å². The number of rotatable bonds is 4. The Morgan fingerprint density at radius 1 is 0.667 bits per heavy atom. The van der Waals surface area contributed by atoms with Crippen molar-refractivity contribution in [3.63, 3.8) is 0 Å². The van der Waals surface area contributed by atoms with Gasteiger partial charge in [-0.1, -0.05) is 12.1 Å². The summed E-state index contributed by atoms with van der Waals surface area (Å²) in [6.45, 7) is 0. The van der Waals surface area contributed by atoms with Crippen molar-refractivity contribution in [1.82, 2.24) is 0 Å². The predicted octanol–water partition coefficient (Wildman–Crippen LogP) is 4.50. The summed E-state index contributed by atoms with van der Waals surface area (Å²) in [7, 11) is 0. The minimum absolute atomic E-state index is 0.234. The first-order valence-corrected chi connectivity index (χ1v) is 10.6. The lowest BCUT2D eigenvalue weighted by Gasteiger charge is -2.02. The summed E-state index contributed by atoms with van der Waals surface area (Å²) in [5, 5.41) is 3.85. The summed E-state index contributed by atoms with van der Waals surface area (Å²) in [5.74, 6) is -0.504. The second kappa shape index (κ2) is 7.66. The molecule has 2 aliphatic rings.